The SMILES string of the molecule is CS(=O)(=O)NC(=O)c1ccc(N2CCN(C(=O)c3cc(-c4cncc(O)c4)cc(C(F)(F)F)c3)CC2)nn1. The molecule has 4 rings (SSSR count). The average molecular weight is 551 g/mol. The van der Waals surface area contributed by atoms with Crippen LogP contribution in [0.15, 0.2) is 48.8 Å². The summed E-state index contributed by atoms with van der Waals surface area (Å²) in [6.45, 7) is 0.932. The zero-order chi connectivity index (χ0) is 27.7. The summed E-state index contributed by atoms with van der Waals surface area (Å²) >= 11 is 0. The van der Waals surface area contributed by atoms with Gasteiger partial charge in [-0.3, -0.25) is 14.6 Å². The van der Waals surface area contributed by atoms with Crippen molar-refractivity contribution in [3.63, 3.8) is 0 Å². The number of nitrogens with one attached hydrogen (secondary N) is 1. The number of nitrogens with zero attached hydrogens (tertiary/aromatic N) is 5. The van der Waals surface area contributed by atoms with E-state index in [1.165, 1.54) is 35.4 Å². The third kappa shape index (κ3) is 6.34. The number of carbonyl (C=O) groups excluding carboxylic acids is 2. The molecule has 0 unspecified atom stereocenters. The minimum Gasteiger partial charge on any atom is -0.506 e. The fourth-order valence-electron chi connectivity index (χ4n) is 3.82. The molecule has 1 aromatic carbocycles. The lowest BCUT2D eigenvalue weighted by Gasteiger charge is -2.35. The number of amides is 2. The number of aromatic nitrogens is 3. The van der Waals surface area contributed by atoms with Crippen molar-refractivity contribution in [2.45, 2.75) is 6.18 Å². The molecular weight excluding hydrogens is 529 g/mol. The van der Waals surface area contributed by atoms with Gasteiger partial charge in [-0.2, -0.15) is 13.2 Å². The summed E-state index contributed by atoms with van der Waals surface area (Å²) < 4.78 is 64.9. The van der Waals surface area contributed by atoms with Gasteiger partial charge in [0.15, 0.2) is 11.5 Å². The smallest absolute Gasteiger partial charge is 0.416 e. The van der Waals surface area contributed by atoms with Crippen LogP contribution in [0.3, 0.4) is 0 Å². The predicted molar refractivity (Wildman–Crippen MR) is 129 cm³/mol. The van der Waals surface area contributed by atoms with Crippen LogP contribution in [0, 0.1) is 0 Å². The molecule has 3 aromatic rings. The molecule has 0 atom stereocenters. The summed E-state index contributed by atoms with van der Waals surface area (Å²) in [5.41, 5.74) is -1.05. The van der Waals surface area contributed by atoms with E-state index in [0.29, 0.717) is 5.82 Å². The molecule has 2 N–H and O–H groups in total. The number of sulfonamides is 1. The molecule has 1 aliphatic heterocycles. The summed E-state index contributed by atoms with van der Waals surface area (Å²) in [4.78, 5) is 32.0. The molecular formula is C23H21F3N6O5S. The Hall–Kier alpha value is -4.27. The van der Waals surface area contributed by atoms with E-state index in [2.05, 4.69) is 15.2 Å². The van der Waals surface area contributed by atoms with E-state index in [0.717, 1.165) is 24.6 Å². The van der Waals surface area contributed by atoms with Crippen LogP contribution >= 0.6 is 0 Å². The standard InChI is InChI=1S/C23H21F3N6O5S/c1-38(36,37)30-21(34)19-2-3-20(29-28-19)31-4-6-32(7-5-31)22(35)15-8-14(9-17(10-15)23(24,25)26)16-11-18(33)13-27-12-16/h2-3,8-13,33H,4-7H2,1H3,(H,30,34). The fourth-order valence-corrected chi connectivity index (χ4v) is 4.27. The Morgan fingerprint density at radius 1 is 0.974 bits per heavy atom. The van der Waals surface area contributed by atoms with E-state index in [4.69, 9.17) is 0 Å². The van der Waals surface area contributed by atoms with Gasteiger partial charge in [0, 0.05) is 43.5 Å². The molecule has 0 bridgehead atoms. The summed E-state index contributed by atoms with van der Waals surface area (Å²) in [5, 5.41) is 17.4. The molecule has 200 valence electrons. The van der Waals surface area contributed by atoms with Gasteiger partial charge in [0.05, 0.1) is 18.0 Å². The molecule has 1 fully saturated rings. The molecule has 0 radical (unpaired) electrons. The Balaban J connectivity index is 1.48. The lowest BCUT2D eigenvalue weighted by Crippen LogP contribution is -2.49. The highest BCUT2D eigenvalue weighted by molar-refractivity contribution is 7.89. The van der Waals surface area contributed by atoms with E-state index in [-0.39, 0.29) is 54.3 Å². The summed E-state index contributed by atoms with van der Waals surface area (Å²) in [6, 6.07) is 7.05. The van der Waals surface area contributed by atoms with Crippen LogP contribution < -0.4 is 9.62 Å². The number of halogens is 3. The summed E-state index contributed by atoms with van der Waals surface area (Å²) in [6.07, 6.45) is -1.43. The zero-order valence-corrected chi connectivity index (χ0v) is 20.6. The zero-order valence-electron chi connectivity index (χ0n) is 19.8. The number of benzene rings is 1. The van der Waals surface area contributed by atoms with E-state index >= 15 is 0 Å². The average Bonchev–Trinajstić information content (AvgIpc) is 2.87. The van der Waals surface area contributed by atoms with E-state index in [1.807, 2.05) is 0 Å². The molecule has 0 spiro atoms. The molecule has 2 aromatic heterocycles. The third-order valence-electron chi connectivity index (χ3n) is 5.62. The van der Waals surface area contributed by atoms with Crippen LogP contribution in [0.25, 0.3) is 11.1 Å². The first-order valence-corrected chi connectivity index (χ1v) is 13.0. The number of pyridine rings is 1. The predicted octanol–water partition coefficient (Wildman–Crippen LogP) is 1.91. The molecule has 2 amide bonds. The molecule has 3 heterocycles. The summed E-state index contributed by atoms with van der Waals surface area (Å²) in [7, 11) is -3.76. The van der Waals surface area contributed by atoms with Crippen molar-refractivity contribution in [3.8, 4) is 16.9 Å². The highest BCUT2D eigenvalue weighted by Gasteiger charge is 2.33. The molecule has 0 saturated carbocycles. The van der Waals surface area contributed by atoms with E-state index in [9.17, 15) is 36.3 Å². The maximum atomic E-state index is 13.6. The van der Waals surface area contributed by atoms with Gasteiger partial charge in [-0.15, -0.1) is 10.2 Å². The lowest BCUT2D eigenvalue weighted by molar-refractivity contribution is -0.137. The van der Waals surface area contributed by atoms with E-state index < -0.39 is 33.6 Å². The van der Waals surface area contributed by atoms with Crippen molar-refractivity contribution in [3.05, 3.63) is 65.6 Å². The van der Waals surface area contributed by atoms with Crippen LogP contribution in [0.2, 0.25) is 0 Å². The van der Waals surface area contributed by atoms with Gasteiger partial charge in [-0.1, -0.05) is 0 Å². The second kappa shape index (κ2) is 10.2. The monoisotopic (exact) mass is 550 g/mol. The van der Waals surface area contributed by atoms with Crippen LogP contribution in [0.4, 0.5) is 19.0 Å². The number of carbonyl (C=O) groups is 2. The fraction of sp³-hybridized carbons (Fsp3) is 0.261. The Labute approximate surface area is 215 Å². The van der Waals surface area contributed by atoms with Crippen LogP contribution in [0.5, 0.6) is 5.75 Å². The number of rotatable bonds is 5. The highest BCUT2D eigenvalue weighted by Crippen LogP contribution is 2.34. The first-order chi connectivity index (χ1) is 17.8. The number of piperazine rings is 1. The lowest BCUT2D eigenvalue weighted by atomic mass is 9.99. The molecule has 15 heteroatoms. The Kier molecular flexibility index (Phi) is 7.22. The molecule has 1 aliphatic rings. The Morgan fingerprint density at radius 2 is 1.68 bits per heavy atom. The normalized spacial score (nSPS) is 14.3. The van der Waals surface area contributed by atoms with Crippen molar-refractivity contribution in [2.24, 2.45) is 0 Å². The summed E-state index contributed by atoms with van der Waals surface area (Å²) in [5.74, 6) is -1.37. The number of anilines is 1. The van der Waals surface area contributed by atoms with Crippen LogP contribution in [-0.4, -0.2) is 77.9 Å². The largest absolute Gasteiger partial charge is 0.506 e. The second-order valence-corrected chi connectivity index (χ2v) is 10.2. The molecule has 38 heavy (non-hydrogen) atoms. The Bertz CT molecular complexity index is 1470. The van der Waals surface area contributed by atoms with Gasteiger partial charge in [-0.25, -0.2) is 13.1 Å². The molecule has 0 aliphatic carbocycles. The van der Waals surface area contributed by atoms with E-state index in [1.54, 1.807) is 9.62 Å². The number of hydrogen-bond acceptors (Lipinski definition) is 9. The quantitative estimate of drug-likeness (QED) is 0.487. The molecule has 1 saturated heterocycles. The van der Waals surface area contributed by atoms with Crippen LogP contribution in [0.1, 0.15) is 26.4 Å². The second-order valence-electron chi connectivity index (χ2n) is 8.49. The number of aromatic hydroxyl groups is 1. The van der Waals surface area contributed by atoms with Gasteiger partial charge < -0.3 is 14.9 Å². The molecule has 11 nitrogen and oxygen atoms in total. The van der Waals surface area contributed by atoms with Gasteiger partial charge in [0.2, 0.25) is 10.0 Å². The van der Waals surface area contributed by atoms with Crippen molar-refractivity contribution in [1.82, 2.24) is 24.8 Å². The maximum Gasteiger partial charge on any atom is 0.416 e. The Morgan fingerprint density at radius 3 is 2.26 bits per heavy atom. The van der Waals surface area contributed by atoms with Crippen molar-refractivity contribution in [1.29, 1.82) is 0 Å². The van der Waals surface area contributed by atoms with Gasteiger partial charge in [0.25, 0.3) is 11.8 Å². The minimum absolute atomic E-state index is 0.0838. The van der Waals surface area contributed by atoms with Gasteiger partial charge in [0.1, 0.15) is 5.75 Å². The van der Waals surface area contributed by atoms with Crippen molar-refractivity contribution >= 4 is 27.7 Å². The highest BCUT2D eigenvalue weighted by atomic mass is 32.2. The van der Waals surface area contributed by atoms with Crippen molar-refractivity contribution < 1.29 is 36.3 Å². The number of alkyl halides is 3. The topological polar surface area (TPSA) is 146 Å². The van der Waals surface area contributed by atoms with Gasteiger partial charge in [-0.05, 0) is 42.0 Å². The number of hydrogen-bond donors (Lipinski definition) is 2. The first kappa shape index (κ1) is 26.8. The van der Waals surface area contributed by atoms with Crippen molar-refractivity contribution in [2.75, 3.05) is 37.3 Å². The van der Waals surface area contributed by atoms with Crippen LogP contribution in [-0.2, 0) is 16.2 Å². The third-order valence-corrected chi connectivity index (χ3v) is 6.17. The van der Waals surface area contributed by atoms with Gasteiger partial charge >= 0.3 is 6.18 Å². The maximum absolute atomic E-state index is 13.6. The first-order valence-electron chi connectivity index (χ1n) is 11.1. The minimum atomic E-state index is -4.70.